The van der Waals surface area contributed by atoms with Crippen LogP contribution in [0.25, 0.3) is 0 Å². The number of ether oxygens (including phenoxy) is 1. The smallest absolute Gasteiger partial charge is 0.245 e. The number of carbonyl (C=O) groups is 2. The topological polar surface area (TPSA) is 58.6 Å². The first kappa shape index (κ1) is 20.2. The number of nitrogens with zero attached hydrogens (tertiary/aromatic N) is 1. The van der Waals surface area contributed by atoms with Gasteiger partial charge in [-0.05, 0) is 32.6 Å². The highest BCUT2D eigenvalue weighted by Gasteiger charge is 2.48. The monoisotopic (exact) mass is 352 g/mol. The third kappa shape index (κ3) is 4.75. The summed E-state index contributed by atoms with van der Waals surface area (Å²) in [5.74, 6) is -0.0119. The van der Waals surface area contributed by atoms with E-state index in [1.165, 1.54) is 0 Å². The Hall–Kier alpha value is -1.10. The maximum atomic E-state index is 13.3. The van der Waals surface area contributed by atoms with E-state index in [0.29, 0.717) is 13.1 Å². The van der Waals surface area contributed by atoms with Crippen molar-refractivity contribution in [1.82, 2.24) is 10.2 Å². The number of morpholine rings is 1. The minimum Gasteiger partial charge on any atom is -0.365 e. The molecule has 1 saturated heterocycles. The van der Waals surface area contributed by atoms with Crippen molar-refractivity contribution in [2.75, 3.05) is 13.1 Å². The van der Waals surface area contributed by atoms with Gasteiger partial charge in [0.1, 0.15) is 6.04 Å². The first-order valence-electron chi connectivity index (χ1n) is 9.65. The Morgan fingerprint density at radius 3 is 2.12 bits per heavy atom. The van der Waals surface area contributed by atoms with Crippen molar-refractivity contribution in [1.29, 1.82) is 0 Å². The average Bonchev–Trinajstić information content (AvgIpc) is 2.87. The number of hydrogen-bond acceptors (Lipinski definition) is 3. The van der Waals surface area contributed by atoms with Gasteiger partial charge in [-0.3, -0.25) is 9.59 Å². The summed E-state index contributed by atoms with van der Waals surface area (Å²) in [4.78, 5) is 27.7. The molecule has 0 aromatic carbocycles. The molecular formula is C20H36N2O3. The van der Waals surface area contributed by atoms with E-state index < -0.39 is 11.5 Å². The van der Waals surface area contributed by atoms with Crippen LogP contribution >= 0.6 is 0 Å². The summed E-state index contributed by atoms with van der Waals surface area (Å²) >= 11 is 0. The maximum absolute atomic E-state index is 13.3. The van der Waals surface area contributed by atoms with Crippen LogP contribution in [0.4, 0.5) is 0 Å². The van der Waals surface area contributed by atoms with Crippen molar-refractivity contribution in [2.45, 2.75) is 91.4 Å². The molecule has 1 heterocycles. The van der Waals surface area contributed by atoms with E-state index in [0.717, 1.165) is 25.7 Å². The number of rotatable bonds is 3. The molecule has 2 aliphatic rings. The number of nitrogens with one attached hydrogen (secondary N) is 1. The fourth-order valence-corrected chi connectivity index (χ4v) is 4.02. The van der Waals surface area contributed by atoms with Crippen LogP contribution in [0.3, 0.4) is 0 Å². The Kier molecular flexibility index (Phi) is 5.58. The number of amides is 2. The second-order valence-corrected chi connectivity index (χ2v) is 9.89. The van der Waals surface area contributed by atoms with Crippen LogP contribution in [0.2, 0.25) is 0 Å². The molecule has 0 radical (unpaired) electrons. The molecule has 1 aliphatic heterocycles. The van der Waals surface area contributed by atoms with Crippen molar-refractivity contribution in [3.8, 4) is 0 Å². The lowest BCUT2D eigenvalue weighted by atomic mass is 9.91. The maximum Gasteiger partial charge on any atom is 0.245 e. The van der Waals surface area contributed by atoms with Gasteiger partial charge in [0, 0.05) is 18.5 Å². The number of carbonyl (C=O) groups excluding carboxylic acids is 2. The van der Waals surface area contributed by atoms with Gasteiger partial charge in [0.2, 0.25) is 11.8 Å². The van der Waals surface area contributed by atoms with Crippen molar-refractivity contribution in [2.24, 2.45) is 11.3 Å². The molecule has 1 saturated carbocycles. The predicted molar refractivity (Wildman–Crippen MR) is 99.2 cm³/mol. The van der Waals surface area contributed by atoms with Gasteiger partial charge in [0.25, 0.3) is 0 Å². The van der Waals surface area contributed by atoms with Gasteiger partial charge in [-0.2, -0.15) is 0 Å². The Labute approximate surface area is 152 Å². The molecule has 1 aliphatic carbocycles. The van der Waals surface area contributed by atoms with Crippen LogP contribution in [0, 0.1) is 11.3 Å². The molecule has 2 amide bonds. The van der Waals surface area contributed by atoms with E-state index in [1.807, 2.05) is 39.5 Å². The molecule has 0 aromatic heterocycles. The van der Waals surface area contributed by atoms with E-state index in [1.54, 1.807) is 0 Å². The molecular weight excluding hydrogens is 316 g/mol. The third-order valence-corrected chi connectivity index (χ3v) is 5.27. The van der Waals surface area contributed by atoms with Gasteiger partial charge in [0.15, 0.2) is 0 Å². The van der Waals surface area contributed by atoms with Gasteiger partial charge >= 0.3 is 0 Å². The van der Waals surface area contributed by atoms with Crippen LogP contribution < -0.4 is 5.32 Å². The van der Waals surface area contributed by atoms with Crippen molar-refractivity contribution >= 4 is 11.8 Å². The summed E-state index contributed by atoms with van der Waals surface area (Å²) < 4.78 is 6.40. The molecule has 1 unspecified atom stereocenters. The van der Waals surface area contributed by atoms with Gasteiger partial charge in [0.05, 0.1) is 11.2 Å². The summed E-state index contributed by atoms with van der Waals surface area (Å²) in [6.45, 7) is 14.9. The van der Waals surface area contributed by atoms with Gasteiger partial charge in [-0.15, -0.1) is 0 Å². The summed E-state index contributed by atoms with van der Waals surface area (Å²) in [6.07, 6.45) is 4.35. The second-order valence-electron chi connectivity index (χ2n) is 9.89. The highest BCUT2D eigenvalue weighted by molar-refractivity contribution is 5.90. The molecule has 5 nitrogen and oxygen atoms in total. The predicted octanol–water partition coefficient (Wildman–Crippen LogP) is 3.12. The molecule has 1 spiro atoms. The normalized spacial score (nSPS) is 23.8. The van der Waals surface area contributed by atoms with Crippen LogP contribution in [0.15, 0.2) is 0 Å². The van der Waals surface area contributed by atoms with Crippen LogP contribution in [-0.4, -0.2) is 47.0 Å². The van der Waals surface area contributed by atoms with Gasteiger partial charge in [-0.25, -0.2) is 0 Å². The molecule has 5 heteroatoms. The Bertz CT molecular complexity index is 514. The van der Waals surface area contributed by atoms with E-state index in [2.05, 4.69) is 19.2 Å². The zero-order valence-electron chi connectivity index (χ0n) is 17.1. The Morgan fingerprint density at radius 1 is 1.08 bits per heavy atom. The molecule has 1 atom stereocenters. The quantitative estimate of drug-likeness (QED) is 0.849. The van der Waals surface area contributed by atoms with E-state index in [9.17, 15) is 9.59 Å². The van der Waals surface area contributed by atoms with Crippen molar-refractivity contribution in [3.63, 3.8) is 0 Å². The lowest BCUT2D eigenvalue weighted by Crippen LogP contribution is -2.63. The third-order valence-electron chi connectivity index (χ3n) is 5.27. The minimum atomic E-state index is -0.510. The second kappa shape index (κ2) is 6.90. The zero-order chi connectivity index (χ0) is 19.0. The molecule has 144 valence electrons. The number of hydrogen-bond donors (Lipinski definition) is 1. The molecule has 0 aromatic rings. The van der Waals surface area contributed by atoms with Crippen LogP contribution in [0.1, 0.15) is 74.1 Å². The average molecular weight is 353 g/mol. The Morgan fingerprint density at radius 2 is 1.64 bits per heavy atom. The molecule has 2 fully saturated rings. The van der Waals surface area contributed by atoms with Crippen LogP contribution in [-0.2, 0) is 14.3 Å². The largest absolute Gasteiger partial charge is 0.365 e. The lowest BCUT2D eigenvalue weighted by Gasteiger charge is -2.49. The summed E-state index contributed by atoms with van der Waals surface area (Å²) in [5.41, 5.74) is -1.06. The highest BCUT2D eigenvalue weighted by Crippen LogP contribution is 2.40. The van der Waals surface area contributed by atoms with E-state index in [-0.39, 0.29) is 28.9 Å². The summed E-state index contributed by atoms with van der Waals surface area (Å²) in [6, 6.07) is -0.487. The van der Waals surface area contributed by atoms with Crippen LogP contribution in [0.5, 0.6) is 0 Å². The minimum absolute atomic E-state index is 0.0234. The molecule has 2 rings (SSSR count). The fourth-order valence-electron chi connectivity index (χ4n) is 4.02. The van der Waals surface area contributed by atoms with E-state index >= 15 is 0 Å². The SMILES string of the molecule is CC(C)C(NC(=O)C(C)(C)C)C(=O)N1CC(C)(C)OC2(CCCC2)C1. The highest BCUT2D eigenvalue weighted by atomic mass is 16.5. The van der Waals surface area contributed by atoms with E-state index in [4.69, 9.17) is 4.74 Å². The summed E-state index contributed by atoms with van der Waals surface area (Å²) in [7, 11) is 0. The van der Waals surface area contributed by atoms with Gasteiger partial charge in [-0.1, -0.05) is 47.5 Å². The first-order valence-corrected chi connectivity index (χ1v) is 9.65. The molecule has 0 bridgehead atoms. The summed E-state index contributed by atoms with van der Waals surface area (Å²) in [5, 5.41) is 2.99. The van der Waals surface area contributed by atoms with Crippen molar-refractivity contribution in [3.05, 3.63) is 0 Å². The fraction of sp³-hybridized carbons (Fsp3) is 0.900. The zero-order valence-corrected chi connectivity index (χ0v) is 17.1. The Balaban J connectivity index is 2.18. The first-order chi connectivity index (χ1) is 11.4. The lowest BCUT2D eigenvalue weighted by molar-refractivity contribution is -0.199. The van der Waals surface area contributed by atoms with Crippen molar-refractivity contribution < 1.29 is 14.3 Å². The molecule has 1 N–H and O–H groups in total. The van der Waals surface area contributed by atoms with Gasteiger partial charge < -0.3 is 15.0 Å². The standard InChI is InChI=1S/C20H36N2O3/c1-14(2)15(21-17(24)18(3,4)5)16(23)22-12-19(6,7)25-20(13-22)10-8-9-11-20/h14-15H,8-13H2,1-7H3,(H,21,24). The molecule has 25 heavy (non-hydrogen) atoms.